The van der Waals surface area contributed by atoms with E-state index < -0.39 is 12.1 Å². The molecule has 1 aliphatic carbocycles. The summed E-state index contributed by atoms with van der Waals surface area (Å²) < 4.78 is 5.60. The number of carbonyl (C=O) groups excluding carboxylic acids is 2. The zero-order valence-corrected chi connectivity index (χ0v) is 22.4. The summed E-state index contributed by atoms with van der Waals surface area (Å²) in [6.45, 7) is 4.23. The number of anilines is 2. The van der Waals surface area contributed by atoms with Crippen LogP contribution in [0.15, 0.2) is 42.5 Å². The van der Waals surface area contributed by atoms with Crippen LogP contribution >= 0.6 is 0 Å². The normalized spacial score (nSPS) is 16.7. The third-order valence-electron chi connectivity index (χ3n) is 7.20. The number of nitrogens with one attached hydrogen (secondary N) is 1. The van der Waals surface area contributed by atoms with Crippen molar-refractivity contribution >= 4 is 29.2 Å². The fraction of sp³-hybridized carbons (Fsp3) is 0.500. The molecule has 0 radical (unpaired) electrons. The molecule has 1 aliphatic heterocycles. The molecule has 2 fully saturated rings. The maximum absolute atomic E-state index is 12.9. The first-order valence-corrected chi connectivity index (χ1v) is 13.7. The first kappa shape index (κ1) is 27.6. The van der Waals surface area contributed by atoms with Crippen LogP contribution in [-0.4, -0.2) is 60.6 Å². The van der Waals surface area contributed by atoms with Gasteiger partial charge in [0.25, 0.3) is 5.91 Å². The van der Waals surface area contributed by atoms with Crippen LogP contribution < -0.4 is 10.2 Å². The van der Waals surface area contributed by atoms with E-state index in [0.717, 1.165) is 73.1 Å². The second-order valence-electron chi connectivity index (χ2n) is 10.4. The number of nitrogens with zero attached hydrogens (tertiary/aromatic N) is 2. The van der Waals surface area contributed by atoms with E-state index in [0.29, 0.717) is 13.2 Å². The van der Waals surface area contributed by atoms with Crippen LogP contribution in [0.5, 0.6) is 0 Å². The largest absolute Gasteiger partial charge is 0.481 e. The number of carboxylic acids is 1. The SMILES string of the molecule is CCCCN(C)c1ccc(-c2cccc(CN(CCC(=O)O)C(=O)C3CC3)c2)cc1NC(=O)C1CCCO1. The molecule has 2 aromatic carbocycles. The van der Waals surface area contributed by atoms with Gasteiger partial charge < -0.3 is 25.0 Å². The van der Waals surface area contributed by atoms with E-state index in [1.54, 1.807) is 4.90 Å². The molecule has 1 atom stereocenters. The van der Waals surface area contributed by atoms with Crippen molar-refractivity contribution in [1.82, 2.24) is 4.90 Å². The Morgan fingerprint density at radius 1 is 1.05 bits per heavy atom. The lowest BCUT2D eigenvalue weighted by atomic mass is 10.0. The number of hydrogen-bond donors (Lipinski definition) is 2. The Balaban J connectivity index is 1.57. The van der Waals surface area contributed by atoms with Gasteiger partial charge in [-0.25, -0.2) is 0 Å². The Labute approximate surface area is 225 Å². The van der Waals surface area contributed by atoms with Crippen LogP contribution in [0.25, 0.3) is 11.1 Å². The molecule has 1 unspecified atom stereocenters. The summed E-state index contributed by atoms with van der Waals surface area (Å²) >= 11 is 0. The number of unbranched alkanes of at least 4 members (excludes halogenated alkanes) is 1. The number of hydrogen-bond acceptors (Lipinski definition) is 5. The summed E-state index contributed by atoms with van der Waals surface area (Å²) in [6, 6.07) is 14.1. The van der Waals surface area contributed by atoms with Gasteiger partial charge in [-0.15, -0.1) is 0 Å². The van der Waals surface area contributed by atoms with E-state index in [1.807, 2.05) is 43.4 Å². The summed E-state index contributed by atoms with van der Waals surface area (Å²) in [5.74, 6) is -0.963. The van der Waals surface area contributed by atoms with Gasteiger partial charge in [-0.1, -0.05) is 37.6 Å². The predicted octanol–water partition coefficient (Wildman–Crippen LogP) is 4.92. The summed E-state index contributed by atoms with van der Waals surface area (Å²) in [5, 5.41) is 12.3. The van der Waals surface area contributed by atoms with Gasteiger partial charge in [0.2, 0.25) is 5.91 Å². The smallest absolute Gasteiger partial charge is 0.305 e. The first-order valence-electron chi connectivity index (χ1n) is 13.7. The van der Waals surface area contributed by atoms with Gasteiger partial charge in [-0.2, -0.15) is 0 Å². The second kappa shape index (κ2) is 12.9. The predicted molar refractivity (Wildman–Crippen MR) is 148 cm³/mol. The van der Waals surface area contributed by atoms with Crippen molar-refractivity contribution in [3.63, 3.8) is 0 Å². The molecule has 38 heavy (non-hydrogen) atoms. The quantitative estimate of drug-likeness (QED) is 0.388. The van der Waals surface area contributed by atoms with E-state index in [2.05, 4.69) is 23.2 Å². The molecular weight excluding hydrogens is 482 g/mol. The van der Waals surface area contributed by atoms with Crippen molar-refractivity contribution in [1.29, 1.82) is 0 Å². The molecule has 204 valence electrons. The van der Waals surface area contributed by atoms with Gasteiger partial charge in [0.05, 0.1) is 17.8 Å². The Kier molecular flexibility index (Phi) is 9.39. The highest BCUT2D eigenvalue weighted by Gasteiger charge is 2.33. The van der Waals surface area contributed by atoms with E-state index in [-0.39, 0.29) is 30.7 Å². The minimum atomic E-state index is -0.908. The van der Waals surface area contributed by atoms with Gasteiger partial charge in [-0.05, 0) is 67.0 Å². The number of rotatable bonds is 13. The molecule has 1 saturated carbocycles. The van der Waals surface area contributed by atoms with Crippen molar-refractivity contribution < 1.29 is 24.2 Å². The number of benzene rings is 2. The van der Waals surface area contributed by atoms with Gasteiger partial charge in [0, 0.05) is 39.2 Å². The average molecular weight is 522 g/mol. The van der Waals surface area contributed by atoms with Crippen molar-refractivity contribution in [3.05, 3.63) is 48.0 Å². The molecule has 2 aliphatic rings. The van der Waals surface area contributed by atoms with E-state index in [4.69, 9.17) is 9.84 Å². The minimum Gasteiger partial charge on any atom is -0.481 e. The lowest BCUT2D eigenvalue weighted by Crippen LogP contribution is -2.33. The maximum atomic E-state index is 12.9. The zero-order valence-electron chi connectivity index (χ0n) is 22.4. The summed E-state index contributed by atoms with van der Waals surface area (Å²) in [7, 11) is 2.04. The van der Waals surface area contributed by atoms with E-state index in [9.17, 15) is 14.4 Å². The molecular formula is C30H39N3O5. The third kappa shape index (κ3) is 7.34. The molecule has 8 heteroatoms. The van der Waals surface area contributed by atoms with E-state index >= 15 is 0 Å². The number of carbonyl (C=O) groups is 3. The maximum Gasteiger partial charge on any atom is 0.305 e. The Hall–Kier alpha value is -3.39. The van der Waals surface area contributed by atoms with Gasteiger partial charge in [0.1, 0.15) is 6.10 Å². The van der Waals surface area contributed by atoms with Crippen molar-refractivity contribution in [2.45, 2.75) is 64.5 Å². The Morgan fingerprint density at radius 3 is 2.53 bits per heavy atom. The standard InChI is InChI=1S/C30H39N3O5/c1-3-4-15-32(2)26-13-12-24(19-25(26)31-29(36)27-9-6-17-38-27)23-8-5-7-21(18-23)20-33(16-14-28(34)35)30(37)22-10-11-22/h5,7-8,12-13,18-19,22,27H,3-4,6,9-11,14-17,20H2,1-2H3,(H,31,36)(H,34,35). The molecule has 8 nitrogen and oxygen atoms in total. The fourth-order valence-electron chi connectivity index (χ4n) is 4.82. The summed E-state index contributed by atoms with van der Waals surface area (Å²) in [4.78, 5) is 40.7. The third-order valence-corrected chi connectivity index (χ3v) is 7.20. The Bertz CT molecular complexity index is 1140. The highest BCUT2D eigenvalue weighted by atomic mass is 16.5. The van der Waals surface area contributed by atoms with Gasteiger partial charge in [-0.3, -0.25) is 14.4 Å². The molecule has 2 amide bonds. The lowest BCUT2D eigenvalue weighted by molar-refractivity contribution is -0.139. The van der Waals surface area contributed by atoms with Crippen LogP contribution in [-0.2, 0) is 25.7 Å². The fourth-order valence-corrected chi connectivity index (χ4v) is 4.82. The topological polar surface area (TPSA) is 99.2 Å². The van der Waals surface area contributed by atoms with Crippen LogP contribution in [0.2, 0.25) is 0 Å². The molecule has 0 bridgehead atoms. The van der Waals surface area contributed by atoms with Gasteiger partial charge in [0.15, 0.2) is 0 Å². The molecule has 0 aromatic heterocycles. The zero-order chi connectivity index (χ0) is 27.1. The van der Waals surface area contributed by atoms with Crippen LogP contribution in [0, 0.1) is 5.92 Å². The molecule has 4 rings (SSSR count). The molecule has 1 saturated heterocycles. The van der Waals surface area contributed by atoms with Crippen LogP contribution in [0.4, 0.5) is 11.4 Å². The lowest BCUT2D eigenvalue weighted by Gasteiger charge is -2.24. The van der Waals surface area contributed by atoms with Crippen LogP contribution in [0.1, 0.15) is 57.4 Å². The highest BCUT2D eigenvalue weighted by Crippen LogP contribution is 2.34. The first-order chi connectivity index (χ1) is 18.4. The van der Waals surface area contributed by atoms with E-state index in [1.165, 1.54) is 0 Å². The summed E-state index contributed by atoms with van der Waals surface area (Å²) in [5.41, 5.74) is 4.57. The monoisotopic (exact) mass is 521 g/mol. The molecule has 2 aromatic rings. The average Bonchev–Trinajstić information content (AvgIpc) is 3.62. The molecule has 1 heterocycles. The van der Waals surface area contributed by atoms with Gasteiger partial charge >= 0.3 is 5.97 Å². The highest BCUT2D eigenvalue weighted by molar-refractivity contribution is 5.98. The summed E-state index contributed by atoms with van der Waals surface area (Å²) in [6.07, 6.45) is 5.02. The number of amides is 2. The minimum absolute atomic E-state index is 0.0271. The van der Waals surface area contributed by atoms with Crippen LogP contribution in [0.3, 0.4) is 0 Å². The number of carboxylic acid groups (broad SMARTS) is 1. The molecule has 2 N–H and O–H groups in total. The van der Waals surface area contributed by atoms with Crippen molar-refractivity contribution in [2.75, 3.05) is 37.0 Å². The second-order valence-corrected chi connectivity index (χ2v) is 10.4. The number of aliphatic carboxylic acids is 1. The number of ether oxygens (including phenoxy) is 1. The van der Waals surface area contributed by atoms with Crippen molar-refractivity contribution in [2.24, 2.45) is 5.92 Å². The molecule has 0 spiro atoms. The van der Waals surface area contributed by atoms with Crippen molar-refractivity contribution in [3.8, 4) is 11.1 Å². The Morgan fingerprint density at radius 2 is 1.84 bits per heavy atom.